The molecule has 0 saturated carbocycles. The Hall–Kier alpha value is -1.44. The summed E-state index contributed by atoms with van der Waals surface area (Å²) < 4.78 is 0. The van der Waals surface area contributed by atoms with Gasteiger partial charge in [0.2, 0.25) is 0 Å². The molecule has 66 valence electrons. The first kappa shape index (κ1) is 7.01. The van der Waals surface area contributed by atoms with Crippen LogP contribution in [0, 0.1) is 0 Å². The van der Waals surface area contributed by atoms with Gasteiger partial charge in [-0.25, -0.2) is 0 Å². The van der Waals surface area contributed by atoms with Crippen LogP contribution in [0.15, 0.2) is 36.7 Å². The van der Waals surface area contributed by atoms with E-state index in [4.69, 9.17) is 0 Å². The molecule has 0 aromatic heterocycles. The van der Waals surface area contributed by atoms with Gasteiger partial charge in [-0.3, -0.25) is 0 Å². The zero-order valence-corrected chi connectivity index (χ0v) is 7.64. The molecule has 0 radical (unpaired) electrons. The van der Waals surface area contributed by atoms with Crippen LogP contribution < -0.4 is 4.90 Å². The van der Waals surface area contributed by atoms with Gasteiger partial charge in [-0.1, -0.05) is 18.2 Å². The predicted molar refractivity (Wildman–Crippen MR) is 53.3 cm³/mol. The van der Waals surface area contributed by atoms with Gasteiger partial charge in [0, 0.05) is 31.6 Å². The number of anilines is 1. The van der Waals surface area contributed by atoms with E-state index in [0.29, 0.717) is 6.17 Å². The van der Waals surface area contributed by atoms with Crippen LogP contribution in [0.5, 0.6) is 0 Å². The Labute approximate surface area is 78.1 Å². The fourth-order valence-corrected chi connectivity index (χ4v) is 2.19. The molecule has 3 rings (SSSR count). The molecule has 0 N–H and O–H groups in total. The average molecular weight is 172 g/mol. The highest BCUT2D eigenvalue weighted by Crippen LogP contribution is 2.35. The van der Waals surface area contributed by atoms with Gasteiger partial charge in [0.15, 0.2) is 0 Å². The van der Waals surface area contributed by atoms with Crippen LogP contribution in [0.3, 0.4) is 0 Å². The molecule has 2 nitrogen and oxygen atoms in total. The Morgan fingerprint density at radius 3 is 3.00 bits per heavy atom. The van der Waals surface area contributed by atoms with Gasteiger partial charge in [-0.15, -0.1) is 0 Å². The number of hydrogen-bond donors (Lipinski definition) is 0. The Bertz CT molecular complexity index is 370. The molecule has 2 heterocycles. The number of rotatable bonds is 0. The van der Waals surface area contributed by atoms with Gasteiger partial charge >= 0.3 is 0 Å². The Morgan fingerprint density at radius 2 is 2.08 bits per heavy atom. The van der Waals surface area contributed by atoms with Crippen molar-refractivity contribution in [2.45, 2.75) is 12.6 Å². The first-order valence-electron chi connectivity index (χ1n) is 4.63. The van der Waals surface area contributed by atoms with Crippen molar-refractivity contribution in [2.24, 2.45) is 0 Å². The first-order chi connectivity index (χ1) is 6.36. The minimum atomic E-state index is 0.525. The molecule has 2 aliphatic rings. The molecule has 0 unspecified atom stereocenters. The number of benzene rings is 1. The second kappa shape index (κ2) is 2.28. The minimum Gasteiger partial charge on any atom is -0.358 e. The van der Waals surface area contributed by atoms with Crippen molar-refractivity contribution in [1.82, 2.24) is 4.90 Å². The fraction of sp³-hybridized carbons (Fsp3) is 0.273. The zero-order valence-electron chi connectivity index (χ0n) is 7.64. The number of hydrogen-bond acceptors (Lipinski definition) is 2. The highest BCUT2D eigenvalue weighted by molar-refractivity contribution is 5.62. The van der Waals surface area contributed by atoms with Crippen molar-refractivity contribution in [3.8, 4) is 0 Å². The molecular formula is C11H12N2. The van der Waals surface area contributed by atoms with Crippen LogP contribution in [0.25, 0.3) is 0 Å². The summed E-state index contributed by atoms with van der Waals surface area (Å²) >= 11 is 0. The molecule has 0 saturated heterocycles. The summed E-state index contributed by atoms with van der Waals surface area (Å²) in [6, 6.07) is 8.63. The Kier molecular flexibility index (Phi) is 1.23. The third-order valence-corrected chi connectivity index (χ3v) is 2.93. The third-order valence-electron chi connectivity index (χ3n) is 2.93. The lowest BCUT2D eigenvalue weighted by atomic mass is 10.1. The number of nitrogens with zero attached hydrogens (tertiary/aromatic N) is 2. The lowest BCUT2D eigenvalue weighted by Gasteiger charge is -2.23. The maximum absolute atomic E-state index is 2.34. The molecule has 2 heteroatoms. The zero-order chi connectivity index (χ0) is 8.84. The number of fused-ring (bicyclic) bond motifs is 3. The van der Waals surface area contributed by atoms with Crippen molar-refractivity contribution in [3.63, 3.8) is 0 Å². The smallest absolute Gasteiger partial charge is 0.109 e. The van der Waals surface area contributed by atoms with Gasteiger partial charge in [0.05, 0.1) is 0 Å². The molecule has 1 aromatic rings. The molecule has 13 heavy (non-hydrogen) atoms. The van der Waals surface area contributed by atoms with E-state index in [-0.39, 0.29) is 0 Å². The number of likely N-dealkylation sites (N-methyl/N-ethyl adjacent to an activating group) is 1. The highest BCUT2D eigenvalue weighted by Gasteiger charge is 2.32. The van der Waals surface area contributed by atoms with Crippen LogP contribution in [-0.4, -0.2) is 18.1 Å². The summed E-state index contributed by atoms with van der Waals surface area (Å²) in [6.45, 7) is 0. The largest absolute Gasteiger partial charge is 0.358 e. The molecule has 1 aromatic carbocycles. The Balaban J connectivity index is 2.09. The predicted octanol–water partition coefficient (Wildman–Crippen LogP) is 1.79. The summed E-state index contributed by atoms with van der Waals surface area (Å²) in [5.41, 5.74) is 2.83. The summed E-state index contributed by atoms with van der Waals surface area (Å²) in [4.78, 5) is 4.61. The fourth-order valence-electron chi connectivity index (χ4n) is 2.19. The molecule has 0 bridgehead atoms. The lowest BCUT2D eigenvalue weighted by Crippen LogP contribution is -2.33. The molecule has 0 amide bonds. The second-order valence-corrected chi connectivity index (χ2v) is 3.68. The SMILES string of the molecule is CN1C=CN2c3ccccc3C[C@H]12. The van der Waals surface area contributed by atoms with Crippen molar-refractivity contribution in [3.05, 3.63) is 42.2 Å². The average Bonchev–Trinajstić information content (AvgIpc) is 2.67. The van der Waals surface area contributed by atoms with Crippen LogP contribution in [0.4, 0.5) is 5.69 Å². The van der Waals surface area contributed by atoms with Gasteiger partial charge in [0.25, 0.3) is 0 Å². The van der Waals surface area contributed by atoms with E-state index < -0.39 is 0 Å². The molecule has 0 aliphatic carbocycles. The second-order valence-electron chi connectivity index (χ2n) is 3.68. The van der Waals surface area contributed by atoms with E-state index in [1.54, 1.807) is 0 Å². The molecule has 2 aliphatic heterocycles. The van der Waals surface area contributed by atoms with Gasteiger partial charge < -0.3 is 9.80 Å². The quantitative estimate of drug-likeness (QED) is 0.588. The molecule has 0 spiro atoms. The number of para-hydroxylation sites is 1. The standard InChI is InChI=1S/C11H12N2/c1-12-6-7-13-10-5-3-2-4-9(10)8-11(12)13/h2-7,11H,8H2,1H3/t11-/m1/s1. The Morgan fingerprint density at radius 1 is 1.23 bits per heavy atom. The van der Waals surface area contributed by atoms with E-state index in [0.717, 1.165) is 6.42 Å². The topological polar surface area (TPSA) is 6.48 Å². The van der Waals surface area contributed by atoms with E-state index in [2.05, 4.69) is 53.5 Å². The van der Waals surface area contributed by atoms with Crippen molar-refractivity contribution >= 4 is 5.69 Å². The van der Waals surface area contributed by atoms with E-state index in [9.17, 15) is 0 Å². The summed E-state index contributed by atoms with van der Waals surface area (Å²) in [7, 11) is 2.13. The van der Waals surface area contributed by atoms with Crippen LogP contribution in [-0.2, 0) is 6.42 Å². The maximum Gasteiger partial charge on any atom is 0.109 e. The lowest BCUT2D eigenvalue weighted by molar-refractivity contribution is 0.369. The summed E-state index contributed by atoms with van der Waals surface area (Å²) in [5, 5.41) is 0. The maximum atomic E-state index is 2.34. The van der Waals surface area contributed by atoms with E-state index >= 15 is 0 Å². The molecular weight excluding hydrogens is 160 g/mol. The van der Waals surface area contributed by atoms with Crippen LogP contribution >= 0.6 is 0 Å². The van der Waals surface area contributed by atoms with E-state index in [1.165, 1.54) is 11.3 Å². The monoisotopic (exact) mass is 172 g/mol. The molecule has 1 atom stereocenters. The van der Waals surface area contributed by atoms with Gasteiger partial charge in [-0.2, -0.15) is 0 Å². The third kappa shape index (κ3) is 0.829. The highest BCUT2D eigenvalue weighted by atomic mass is 15.4. The minimum absolute atomic E-state index is 0.525. The normalized spacial score (nSPS) is 23.6. The van der Waals surface area contributed by atoms with Gasteiger partial charge in [0.1, 0.15) is 6.17 Å². The summed E-state index contributed by atoms with van der Waals surface area (Å²) in [6.07, 6.45) is 5.97. The first-order valence-corrected chi connectivity index (χ1v) is 4.63. The molecule has 0 fully saturated rings. The van der Waals surface area contributed by atoms with Crippen molar-refractivity contribution < 1.29 is 0 Å². The van der Waals surface area contributed by atoms with Crippen LogP contribution in [0.1, 0.15) is 5.56 Å². The van der Waals surface area contributed by atoms with Crippen molar-refractivity contribution in [1.29, 1.82) is 0 Å². The van der Waals surface area contributed by atoms with Gasteiger partial charge in [-0.05, 0) is 11.6 Å². The van der Waals surface area contributed by atoms with Crippen LogP contribution in [0.2, 0.25) is 0 Å². The van der Waals surface area contributed by atoms with Crippen molar-refractivity contribution in [2.75, 3.05) is 11.9 Å². The summed E-state index contributed by atoms with van der Waals surface area (Å²) in [5.74, 6) is 0. The van der Waals surface area contributed by atoms with E-state index in [1.807, 2.05) is 0 Å².